The summed E-state index contributed by atoms with van der Waals surface area (Å²) in [5.41, 5.74) is 2.99. The first-order valence-electron chi connectivity index (χ1n) is 8.96. The van der Waals surface area contributed by atoms with Crippen LogP contribution in [0.1, 0.15) is 22.4 Å². The largest absolute Gasteiger partial charge is 0.417 e. The highest BCUT2D eigenvalue weighted by molar-refractivity contribution is 5.99. The molecule has 0 atom stereocenters. The third-order valence-corrected chi connectivity index (χ3v) is 4.36. The lowest BCUT2D eigenvalue weighted by Crippen LogP contribution is -2.25. The van der Waals surface area contributed by atoms with Crippen molar-refractivity contribution in [3.63, 3.8) is 0 Å². The van der Waals surface area contributed by atoms with Crippen molar-refractivity contribution in [3.05, 3.63) is 77.2 Å². The number of nitrogens with zero attached hydrogens (tertiary/aromatic N) is 5. The first kappa shape index (κ1) is 21.0. The Bertz CT molecular complexity index is 1110. The fraction of sp³-hybridized carbons (Fsp3) is 0.182. The van der Waals surface area contributed by atoms with E-state index in [4.69, 9.17) is 5.26 Å². The van der Waals surface area contributed by atoms with Crippen LogP contribution in [0.15, 0.2) is 59.9 Å². The summed E-state index contributed by atoms with van der Waals surface area (Å²) in [6.07, 6.45) is -1.98. The molecule has 0 amide bonds. The molecule has 5 nitrogen and oxygen atoms in total. The molecule has 0 unspecified atom stereocenters. The van der Waals surface area contributed by atoms with Crippen LogP contribution < -0.4 is 0 Å². The Kier molecular flexibility index (Phi) is 5.83. The molecule has 152 valence electrons. The molecule has 0 aliphatic rings. The highest BCUT2D eigenvalue weighted by Crippen LogP contribution is 2.29. The maximum atomic E-state index is 12.7. The summed E-state index contributed by atoms with van der Waals surface area (Å²) in [4.78, 5) is 14.5. The minimum absolute atomic E-state index is 0.157. The lowest BCUT2D eigenvalue weighted by molar-refractivity contribution is -0.137. The first-order valence-corrected chi connectivity index (χ1v) is 8.96. The van der Waals surface area contributed by atoms with Crippen molar-refractivity contribution < 1.29 is 13.2 Å². The lowest BCUT2D eigenvalue weighted by Gasteiger charge is -2.17. The molecule has 3 aromatic rings. The van der Waals surface area contributed by atoms with Gasteiger partial charge in [0.05, 0.1) is 17.2 Å². The number of hydrogen-bond donors (Lipinski definition) is 0. The zero-order valence-electron chi connectivity index (χ0n) is 16.6. The van der Waals surface area contributed by atoms with Gasteiger partial charge in [-0.05, 0) is 48.4 Å². The van der Waals surface area contributed by atoms with Crippen molar-refractivity contribution in [3.8, 4) is 17.2 Å². The maximum Gasteiger partial charge on any atom is 0.417 e. The Morgan fingerprint density at radius 2 is 1.70 bits per heavy atom. The fourth-order valence-electron chi connectivity index (χ4n) is 2.80. The molecule has 0 bridgehead atoms. The van der Waals surface area contributed by atoms with Crippen LogP contribution in [0, 0.1) is 18.3 Å². The predicted octanol–water partition coefficient (Wildman–Crippen LogP) is 4.98. The van der Waals surface area contributed by atoms with Crippen molar-refractivity contribution in [2.75, 3.05) is 14.1 Å². The summed E-state index contributed by atoms with van der Waals surface area (Å²) in [5.74, 6) is 0.634. The van der Waals surface area contributed by atoms with E-state index in [1.165, 1.54) is 6.07 Å². The summed E-state index contributed by atoms with van der Waals surface area (Å²) >= 11 is 0. The second-order valence-electron chi connectivity index (χ2n) is 6.81. The van der Waals surface area contributed by atoms with E-state index in [0.29, 0.717) is 17.1 Å². The Morgan fingerprint density at radius 3 is 2.20 bits per heavy atom. The smallest absolute Gasteiger partial charge is 0.361 e. The predicted molar refractivity (Wildman–Crippen MR) is 108 cm³/mol. The average Bonchev–Trinajstić information content (AvgIpc) is 2.72. The fourth-order valence-corrected chi connectivity index (χ4v) is 2.80. The van der Waals surface area contributed by atoms with E-state index in [0.717, 1.165) is 29.0 Å². The SMILES string of the molecule is Cc1cc(-c2ccc(C#N)cc2)cnc1/C(=N/c1ccc(C(F)(F)F)cn1)N(C)C. The van der Waals surface area contributed by atoms with Gasteiger partial charge in [-0.2, -0.15) is 18.4 Å². The number of halogens is 3. The van der Waals surface area contributed by atoms with E-state index < -0.39 is 11.7 Å². The topological polar surface area (TPSA) is 65.2 Å². The second-order valence-corrected chi connectivity index (χ2v) is 6.81. The molecule has 0 N–H and O–H groups in total. The monoisotopic (exact) mass is 409 g/mol. The van der Waals surface area contributed by atoms with Gasteiger partial charge >= 0.3 is 6.18 Å². The number of aliphatic imine (C=N–C) groups is 1. The van der Waals surface area contributed by atoms with E-state index >= 15 is 0 Å². The minimum atomic E-state index is -4.45. The van der Waals surface area contributed by atoms with Crippen LogP contribution in [-0.2, 0) is 6.18 Å². The molecular weight excluding hydrogens is 391 g/mol. The summed E-state index contributed by atoms with van der Waals surface area (Å²) < 4.78 is 38.2. The number of hydrogen-bond acceptors (Lipinski definition) is 4. The molecule has 0 spiro atoms. The Hall–Kier alpha value is -3.73. The zero-order chi connectivity index (χ0) is 21.9. The van der Waals surface area contributed by atoms with Crippen LogP contribution in [0.25, 0.3) is 11.1 Å². The number of pyridine rings is 2. The zero-order valence-corrected chi connectivity index (χ0v) is 16.6. The van der Waals surface area contributed by atoms with E-state index in [-0.39, 0.29) is 5.82 Å². The number of benzene rings is 1. The average molecular weight is 409 g/mol. The van der Waals surface area contributed by atoms with Gasteiger partial charge in [-0.25, -0.2) is 9.98 Å². The van der Waals surface area contributed by atoms with Crippen molar-refractivity contribution in [2.24, 2.45) is 4.99 Å². The molecule has 30 heavy (non-hydrogen) atoms. The number of aryl methyl sites for hydroxylation is 1. The van der Waals surface area contributed by atoms with Gasteiger partial charge in [0, 0.05) is 32.1 Å². The van der Waals surface area contributed by atoms with Crippen LogP contribution >= 0.6 is 0 Å². The Balaban J connectivity index is 1.96. The summed E-state index contributed by atoms with van der Waals surface area (Å²) in [6.45, 7) is 1.88. The van der Waals surface area contributed by atoms with Crippen LogP contribution in [0.3, 0.4) is 0 Å². The molecule has 0 radical (unpaired) electrons. The third-order valence-electron chi connectivity index (χ3n) is 4.36. The molecule has 2 aromatic heterocycles. The van der Waals surface area contributed by atoms with Gasteiger partial charge in [0.25, 0.3) is 0 Å². The number of aromatic nitrogens is 2. The molecular formula is C22H18F3N5. The van der Waals surface area contributed by atoms with E-state index in [1.54, 1.807) is 37.3 Å². The van der Waals surface area contributed by atoms with Gasteiger partial charge in [0.2, 0.25) is 0 Å². The molecule has 1 aromatic carbocycles. The van der Waals surface area contributed by atoms with E-state index in [1.807, 2.05) is 25.1 Å². The molecule has 0 saturated carbocycles. The molecule has 0 fully saturated rings. The molecule has 2 heterocycles. The van der Waals surface area contributed by atoms with Gasteiger partial charge in [0.15, 0.2) is 11.7 Å². The van der Waals surface area contributed by atoms with Crippen molar-refractivity contribution >= 4 is 11.7 Å². The second kappa shape index (κ2) is 8.33. The minimum Gasteiger partial charge on any atom is -0.361 e. The number of alkyl halides is 3. The number of amidine groups is 1. The normalized spacial score (nSPS) is 11.8. The third kappa shape index (κ3) is 4.63. The van der Waals surface area contributed by atoms with Gasteiger partial charge in [-0.1, -0.05) is 12.1 Å². The van der Waals surface area contributed by atoms with Crippen molar-refractivity contribution in [1.29, 1.82) is 5.26 Å². The van der Waals surface area contributed by atoms with Crippen molar-refractivity contribution in [1.82, 2.24) is 14.9 Å². The molecule has 8 heteroatoms. The number of rotatable bonds is 3. The highest BCUT2D eigenvalue weighted by Gasteiger charge is 2.30. The van der Waals surface area contributed by atoms with Crippen LogP contribution in [0.5, 0.6) is 0 Å². The van der Waals surface area contributed by atoms with E-state index in [2.05, 4.69) is 21.0 Å². The van der Waals surface area contributed by atoms with Crippen LogP contribution in [-0.4, -0.2) is 34.8 Å². The summed E-state index contributed by atoms with van der Waals surface area (Å²) in [5, 5.41) is 8.93. The van der Waals surface area contributed by atoms with Crippen LogP contribution in [0.4, 0.5) is 19.0 Å². The lowest BCUT2D eigenvalue weighted by atomic mass is 10.0. The quantitative estimate of drug-likeness (QED) is 0.452. The molecule has 0 aliphatic heterocycles. The van der Waals surface area contributed by atoms with Gasteiger partial charge < -0.3 is 4.90 Å². The van der Waals surface area contributed by atoms with Crippen LogP contribution in [0.2, 0.25) is 0 Å². The number of nitriles is 1. The summed E-state index contributed by atoms with van der Waals surface area (Å²) in [7, 11) is 3.55. The van der Waals surface area contributed by atoms with Gasteiger partial charge in [-0.3, -0.25) is 4.98 Å². The molecule has 3 rings (SSSR count). The first-order chi connectivity index (χ1) is 14.2. The van der Waals surface area contributed by atoms with Gasteiger partial charge in [-0.15, -0.1) is 0 Å². The maximum absolute atomic E-state index is 12.7. The Labute approximate surface area is 172 Å². The summed E-state index contributed by atoms with van der Waals surface area (Å²) in [6, 6.07) is 13.4. The standard InChI is InChI=1S/C22H18F3N5/c1-14-10-17(16-6-4-15(11-26)5-7-16)12-28-20(14)21(30(2)3)29-19-9-8-18(13-27-19)22(23,24)25/h4-10,12-13H,1-3H3/b29-21-. The molecule has 0 aliphatic carbocycles. The Morgan fingerprint density at radius 1 is 1.00 bits per heavy atom. The van der Waals surface area contributed by atoms with E-state index in [9.17, 15) is 13.2 Å². The van der Waals surface area contributed by atoms with Gasteiger partial charge in [0.1, 0.15) is 5.69 Å². The van der Waals surface area contributed by atoms with Crippen molar-refractivity contribution in [2.45, 2.75) is 13.1 Å². The highest BCUT2D eigenvalue weighted by atomic mass is 19.4. The molecule has 0 saturated heterocycles.